The molecule has 2 N–H and O–H groups in total. The molecule has 3 rings (SSSR count). The van der Waals surface area contributed by atoms with E-state index >= 15 is 0 Å². The molecule has 2 aromatic rings. The van der Waals surface area contributed by atoms with Gasteiger partial charge in [0.25, 0.3) is 0 Å². The Hall–Kier alpha value is -1.61. The molecule has 20 heavy (non-hydrogen) atoms. The van der Waals surface area contributed by atoms with E-state index in [-0.39, 0.29) is 6.04 Å². The Morgan fingerprint density at radius 2 is 2.30 bits per heavy atom. The van der Waals surface area contributed by atoms with Gasteiger partial charge in [-0.3, -0.25) is 0 Å². The highest BCUT2D eigenvalue weighted by atomic mass is 15.0. The molecule has 1 aliphatic rings. The molecule has 3 heteroatoms. The summed E-state index contributed by atoms with van der Waals surface area (Å²) in [6.45, 7) is 3.19. The second-order valence-electron chi connectivity index (χ2n) is 5.66. The molecule has 1 fully saturated rings. The van der Waals surface area contributed by atoms with Crippen molar-refractivity contribution in [1.82, 2.24) is 15.3 Å². The van der Waals surface area contributed by atoms with Gasteiger partial charge in [-0.2, -0.15) is 0 Å². The van der Waals surface area contributed by atoms with Gasteiger partial charge in [0.1, 0.15) is 5.82 Å². The molecule has 0 aliphatic heterocycles. The number of nitrogens with zero attached hydrogens (tertiary/aromatic N) is 1. The number of hydrogen-bond acceptors (Lipinski definition) is 2. The highest BCUT2D eigenvalue weighted by Gasteiger charge is 2.21. The topological polar surface area (TPSA) is 40.7 Å². The van der Waals surface area contributed by atoms with Crippen LogP contribution in [0.5, 0.6) is 0 Å². The molecule has 106 valence electrons. The Balaban J connectivity index is 1.86. The van der Waals surface area contributed by atoms with Crippen molar-refractivity contribution in [2.24, 2.45) is 0 Å². The van der Waals surface area contributed by atoms with E-state index in [1.54, 1.807) is 0 Å². The molecule has 0 spiro atoms. The molecule has 1 saturated carbocycles. The van der Waals surface area contributed by atoms with E-state index in [1.807, 2.05) is 12.4 Å². The van der Waals surface area contributed by atoms with Crippen LogP contribution in [0.1, 0.15) is 61.5 Å². The van der Waals surface area contributed by atoms with Gasteiger partial charge in [0, 0.05) is 12.4 Å². The maximum absolute atomic E-state index is 4.44. The largest absolute Gasteiger partial charge is 0.347 e. The van der Waals surface area contributed by atoms with Crippen LogP contribution in [-0.2, 0) is 0 Å². The summed E-state index contributed by atoms with van der Waals surface area (Å²) in [5, 5.41) is 3.60. The number of H-pyrrole nitrogens is 1. The second-order valence-corrected chi connectivity index (χ2v) is 5.66. The van der Waals surface area contributed by atoms with Crippen LogP contribution in [0, 0.1) is 0 Å². The van der Waals surface area contributed by atoms with E-state index in [0.717, 1.165) is 24.7 Å². The molecule has 0 saturated heterocycles. The lowest BCUT2D eigenvalue weighted by Crippen LogP contribution is -2.24. The van der Waals surface area contributed by atoms with E-state index < -0.39 is 0 Å². The van der Waals surface area contributed by atoms with Gasteiger partial charge in [-0.1, -0.05) is 37.6 Å². The predicted molar refractivity (Wildman–Crippen MR) is 81.8 cm³/mol. The van der Waals surface area contributed by atoms with E-state index in [1.165, 1.54) is 30.4 Å². The predicted octanol–water partition coefficient (Wildman–Crippen LogP) is 3.77. The fourth-order valence-electron chi connectivity index (χ4n) is 2.83. The highest BCUT2D eigenvalue weighted by molar-refractivity contribution is 5.32. The Kier molecular flexibility index (Phi) is 4.16. The minimum atomic E-state index is 0.171. The first-order valence-electron chi connectivity index (χ1n) is 7.71. The van der Waals surface area contributed by atoms with E-state index in [9.17, 15) is 0 Å². The summed E-state index contributed by atoms with van der Waals surface area (Å²) in [6, 6.07) is 9.20. The average molecular weight is 269 g/mol. The molecule has 3 nitrogen and oxygen atoms in total. The van der Waals surface area contributed by atoms with Gasteiger partial charge in [0.05, 0.1) is 6.04 Å². The second kappa shape index (κ2) is 6.23. The fraction of sp³-hybridized carbons (Fsp3) is 0.471. The average Bonchev–Trinajstić information content (AvgIpc) is 2.92. The summed E-state index contributed by atoms with van der Waals surface area (Å²) in [5.41, 5.74) is 2.81. The Morgan fingerprint density at radius 1 is 1.40 bits per heavy atom. The molecule has 0 radical (unpaired) electrons. The van der Waals surface area contributed by atoms with Gasteiger partial charge in [-0.25, -0.2) is 4.98 Å². The lowest BCUT2D eigenvalue weighted by Gasteiger charge is -2.27. The van der Waals surface area contributed by atoms with Crippen molar-refractivity contribution in [3.05, 3.63) is 53.6 Å². The summed E-state index contributed by atoms with van der Waals surface area (Å²) in [7, 11) is 0. The van der Waals surface area contributed by atoms with Gasteiger partial charge in [-0.15, -0.1) is 0 Å². The third-order valence-corrected chi connectivity index (χ3v) is 4.21. The first-order chi connectivity index (χ1) is 9.88. The molecule has 1 unspecified atom stereocenters. The Morgan fingerprint density at radius 3 is 2.95 bits per heavy atom. The van der Waals surface area contributed by atoms with Crippen LogP contribution < -0.4 is 5.32 Å². The summed E-state index contributed by atoms with van der Waals surface area (Å²) in [4.78, 5) is 7.68. The molecule has 1 aliphatic carbocycles. The Labute approximate surface area is 120 Å². The van der Waals surface area contributed by atoms with Crippen LogP contribution in [0.25, 0.3) is 0 Å². The lowest BCUT2D eigenvalue weighted by molar-refractivity contribution is 0.419. The molecule has 1 aromatic heterocycles. The number of hydrogen-bond donors (Lipinski definition) is 2. The Bertz CT molecular complexity index is 529. The summed E-state index contributed by atoms with van der Waals surface area (Å²) >= 11 is 0. The highest BCUT2D eigenvalue weighted by Crippen LogP contribution is 2.37. The van der Waals surface area contributed by atoms with E-state index in [0.29, 0.717) is 0 Å². The summed E-state index contributed by atoms with van der Waals surface area (Å²) in [5.74, 6) is 1.78. The first kappa shape index (κ1) is 13.4. The van der Waals surface area contributed by atoms with Crippen LogP contribution in [0.4, 0.5) is 0 Å². The van der Waals surface area contributed by atoms with Crippen LogP contribution >= 0.6 is 0 Å². The molecule has 0 bridgehead atoms. The number of aromatic nitrogens is 2. The van der Waals surface area contributed by atoms with Crippen molar-refractivity contribution in [3.63, 3.8) is 0 Å². The molecule has 1 aromatic carbocycles. The van der Waals surface area contributed by atoms with Gasteiger partial charge < -0.3 is 10.3 Å². The fourth-order valence-corrected chi connectivity index (χ4v) is 2.83. The SMILES string of the molecule is CCCNC(c1cccc(C2CCC2)c1)c1ncc[nH]1. The maximum atomic E-state index is 4.44. The van der Waals surface area contributed by atoms with E-state index in [2.05, 4.69) is 46.5 Å². The van der Waals surface area contributed by atoms with Crippen molar-refractivity contribution in [2.75, 3.05) is 6.54 Å². The number of nitrogens with one attached hydrogen (secondary N) is 2. The van der Waals surface area contributed by atoms with Gasteiger partial charge in [0.2, 0.25) is 0 Å². The van der Waals surface area contributed by atoms with Crippen molar-refractivity contribution in [1.29, 1.82) is 0 Å². The van der Waals surface area contributed by atoms with Crippen molar-refractivity contribution >= 4 is 0 Å². The van der Waals surface area contributed by atoms with Gasteiger partial charge >= 0.3 is 0 Å². The molecular formula is C17H23N3. The van der Waals surface area contributed by atoms with Crippen LogP contribution in [0.2, 0.25) is 0 Å². The zero-order valence-corrected chi connectivity index (χ0v) is 12.1. The third kappa shape index (κ3) is 2.78. The number of aromatic amines is 1. The van der Waals surface area contributed by atoms with Crippen LogP contribution in [-0.4, -0.2) is 16.5 Å². The van der Waals surface area contributed by atoms with Gasteiger partial charge in [-0.05, 0) is 42.9 Å². The zero-order valence-electron chi connectivity index (χ0n) is 12.1. The number of imidazole rings is 1. The molecular weight excluding hydrogens is 246 g/mol. The third-order valence-electron chi connectivity index (χ3n) is 4.21. The van der Waals surface area contributed by atoms with Crippen molar-refractivity contribution in [2.45, 2.75) is 44.6 Å². The summed E-state index contributed by atoms with van der Waals surface area (Å²) in [6.07, 6.45) is 8.91. The first-order valence-corrected chi connectivity index (χ1v) is 7.71. The monoisotopic (exact) mass is 269 g/mol. The molecule has 1 heterocycles. The molecule has 1 atom stereocenters. The standard InChI is InChI=1S/C17H23N3/c1-2-9-18-16(17-19-10-11-20-17)15-8-4-7-14(12-15)13-5-3-6-13/h4,7-8,10-13,16,18H,2-3,5-6,9H2,1H3,(H,19,20). The minimum Gasteiger partial charge on any atom is -0.347 e. The molecule has 0 amide bonds. The number of rotatable bonds is 6. The van der Waals surface area contributed by atoms with Crippen LogP contribution in [0.3, 0.4) is 0 Å². The minimum absolute atomic E-state index is 0.171. The van der Waals surface area contributed by atoms with Crippen molar-refractivity contribution in [3.8, 4) is 0 Å². The zero-order chi connectivity index (χ0) is 13.8. The summed E-state index contributed by atoms with van der Waals surface area (Å²) < 4.78 is 0. The van der Waals surface area contributed by atoms with Crippen molar-refractivity contribution < 1.29 is 0 Å². The lowest BCUT2D eigenvalue weighted by atomic mass is 9.79. The quantitative estimate of drug-likeness (QED) is 0.838. The van der Waals surface area contributed by atoms with E-state index in [4.69, 9.17) is 0 Å². The normalized spacial score (nSPS) is 16.9. The smallest absolute Gasteiger partial charge is 0.127 e. The maximum Gasteiger partial charge on any atom is 0.127 e. The van der Waals surface area contributed by atoms with Gasteiger partial charge in [0.15, 0.2) is 0 Å². The van der Waals surface area contributed by atoms with Crippen LogP contribution in [0.15, 0.2) is 36.7 Å². The number of benzene rings is 1.